The molecule has 3 rings (SSSR count). The predicted octanol–water partition coefficient (Wildman–Crippen LogP) is 4.46. The molecule has 0 aliphatic carbocycles. The minimum Gasteiger partial charge on any atom is -0.376 e. The summed E-state index contributed by atoms with van der Waals surface area (Å²) < 4.78 is 7.92. The summed E-state index contributed by atoms with van der Waals surface area (Å²) in [4.78, 5) is 8.86. The standard InChI is InChI=1S/C25H33N5O.HI/c1-3-27-25(28-15-21(2)18-31-19-22-8-5-4-6-9-22)29-16-23-10-7-11-24(14-23)17-30-13-12-26-20-30;/h4-14,20-21H,3,15-19H2,1-2H3,(H2,27,28,29);1H. The van der Waals surface area contributed by atoms with E-state index < -0.39 is 0 Å². The van der Waals surface area contributed by atoms with Gasteiger partial charge in [-0.2, -0.15) is 0 Å². The largest absolute Gasteiger partial charge is 0.376 e. The zero-order chi connectivity index (χ0) is 21.7. The fourth-order valence-electron chi connectivity index (χ4n) is 3.21. The van der Waals surface area contributed by atoms with Crippen molar-refractivity contribution < 1.29 is 4.74 Å². The summed E-state index contributed by atoms with van der Waals surface area (Å²) in [5.74, 6) is 1.21. The third-order valence-corrected chi connectivity index (χ3v) is 4.81. The highest BCUT2D eigenvalue weighted by Crippen LogP contribution is 2.09. The van der Waals surface area contributed by atoms with Crippen LogP contribution in [0.5, 0.6) is 0 Å². The van der Waals surface area contributed by atoms with Crippen LogP contribution in [0, 0.1) is 5.92 Å². The normalized spacial score (nSPS) is 12.1. The summed E-state index contributed by atoms with van der Waals surface area (Å²) in [7, 11) is 0. The Labute approximate surface area is 208 Å². The molecule has 2 N–H and O–H groups in total. The van der Waals surface area contributed by atoms with E-state index in [0.717, 1.165) is 25.6 Å². The molecule has 6 nitrogen and oxygen atoms in total. The van der Waals surface area contributed by atoms with Crippen LogP contribution in [0.15, 0.2) is 78.3 Å². The molecule has 172 valence electrons. The van der Waals surface area contributed by atoms with Crippen molar-refractivity contribution in [3.8, 4) is 0 Å². The molecule has 32 heavy (non-hydrogen) atoms. The number of rotatable bonds is 11. The summed E-state index contributed by atoms with van der Waals surface area (Å²) >= 11 is 0. The molecule has 1 unspecified atom stereocenters. The number of aliphatic imine (C=N–C) groups is 1. The van der Waals surface area contributed by atoms with Crippen LogP contribution < -0.4 is 10.6 Å². The first-order valence-electron chi connectivity index (χ1n) is 10.9. The third kappa shape index (κ3) is 9.40. The lowest BCUT2D eigenvalue weighted by molar-refractivity contribution is 0.0931. The molecule has 1 atom stereocenters. The van der Waals surface area contributed by atoms with Gasteiger partial charge in [-0.05, 0) is 29.5 Å². The molecular formula is C25H34IN5O. The van der Waals surface area contributed by atoms with Gasteiger partial charge in [0.1, 0.15) is 0 Å². The molecule has 0 fully saturated rings. The Kier molecular flexibility index (Phi) is 11.8. The number of nitrogens with one attached hydrogen (secondary N) is 2. The molecule has 1 heterocycles. The van der Waals surface area contributed by atoms with Gasteiger partial charge in [-0.3, -0.25) is 0 Å². The average molecular weight is 547 g/mol. The highest BCUT2D eigenvalue weighted by atomic mass is 127. The van der Waals surface area contributed by atoms with Gasteiger partial charge in [-0.25, -0.2) is 9.98 Å². The van der Waals surface area contributed by atoms with E-state index in [2.05, 4.69) is 70.4 Å². The van der Waals surface area contributed by atoms with Gasteiger partial charge in [-0.15, -0.1) is 24.0 Å². The van der Waals surface area contributed by atoms with E-state index in [1.807, 2.05) is 30.7 Å². The van der Waals surface area contributed by atoms with Gasteiger partial charge in [-0.1, -0.05) is 61.5 Å². The second-order valence-corrected chi connectivity index (χ2v) is 7.74. The SMILES string of the molecule is CCNC(=NCc1cccc(Cn2ccnc2)c1)NCC(C)COCc1ccccc1.I. The number of nitrogens with zero attached hydrogens (tertiary/aromatic N) is 3. The van der Waals surface area contributed by atoms with Crippen molar-refractivity contribution in [3.63, 3.8) is 0 Å². The molecule has 0 aliphatic heterocycles. The minimum atomic E-state index is 0. The Balaban J connectivity index is 0.00000363. The minimum absolute atomic E-state index is 0. The molecule has 3 aromatic rings. The van der Waals surface area contributed by atoms with Crippen molar-refractivity contribution in [3.05, 3.63) is 90.0 Å². The first kappa shape index (κ1) is 25.9. The molecule has 7 heteroatoms. The van der Waals surface area contributed by atoms with E-state index in [-0.39, 0.29) is 24.0 Å². The number of halogens is 1. The van der Waals surface area contributed by atoms with Gasteiger partial charge in [0, 0.05) is 32.0 Å². The summed E-state index contributed by atoms with van der Waals surface area (Å²) in [6, 6.07) is 18.8. The van der Waals surface area contributed by atoms with Gasteiger partial charge in [0.15, 0.2) is 5.96 Å². The first-order valence-corrected chi connectivity index (χ1v) is 10.9. The molecule has 0 saturated heterocycles. The average Bonchev–Trinajstić information content (AvgIpc) is 3.30. The number of hydrogen-bond donors (Lipinski definition) is 2. The molecular weight excluding hydrogens is 513 g/mol. The van der Waals surface area contributed by atoms with Crippen LogP contribution in [0.25, 0.3) is 0 Å². The fourth-order valence-corrected chi connectivity index (χ4v) is 3.21. The van der Waals surface area contributed by atoms with Crippen LogP contribution >= 0.6 is 24.0 Å². The van der Waals surface area contributed by atoms with E-state index in [1.54, 1.807) is 6.20 Å². The van der Waals surface area contributed by atoms with Gasteiger partial charge < -0.3 is 19.9 Å². The Morgan fingerprint density at radius 1 is 1.06 bits per heavy atom. The highest BCUT2D eigenvalue weighted by Gasteiger charge is 2.05. The molecule has 0 bridgehead atoms. The number of aromatic nitrogens is 2. The summed E-state index contributed by atoms with van der Waals surface area (Å²) in [6.45, 7) is 8.69. The lowest BCUT2D eigenvalue weighted by Gasteiger charge is -2.16. The Hall–Kier alpha value is -2.39. The zero-order valence-electron chi connectivity index (χ0n) is 18.9. The summed E-state index contributed by atoms with van der Waals surface area (Å²) in [5, 5.41) is 6.76. The number of benzene rings is 2. The van der Waals surface area contributed by atoms with E-state index in [9.17, 15) is 0 Å². The van der Waals surface area contributed by atoms with Crippen LogP contribution in [-0.4, -0.2) is 35.2 Å². The molecule has 2 aromatic carbocycles. The van der Waals surface area contributed by atoms with Crippen molar-refractivity contribution >= 4 is 29.9 Å². The number of guanidine groups is 1. The first-order chi connectivity index (χ1) is 15.2. The van der Waals surface area contributed by atoms with Gasteiger partial charge in [0.05, 0.1) is 26.1 Å². The van der Waals surface area contributed by atoms with E-state index >= 15 is 0 Å². The smallest absolute Gasteiger partial charge is 0.191 e. The van der Waals surface area contributed by atoms with Gasteiger partial charge in [0.25, 0.3) is 0 Å². The molecule has 0 spiro atoms. The van der Waals surface area contributed by atoms with Crippen molar-refractivity contribution in [2.75, 3.05) is 19.7 Å². The quantitative estimate of drug-likeness (QED) is 0.212. The van der Waals surface area contributed by atoms with E-state index in [1.165, 1.54) is 16.7 Å². The fraction of sp³-hybridized carbons (Fsp3) is 0.360. The number of imidazole rings is 1. The van der Waals surface area contributed by atoms with Crippen molar-refractivity contribution in [1.82, 2.24) is 20.2 Å². The monoisotopic (exact) mass is 547 g/mol. The van der Waals surface area contributed by atoms with Crippen LogP contribution in [0.4, 0.5) is 0 Å². The van der Waals surface area contributed by atoms with E-state index in [0.29, 0.717) is 25.7 Å². The maximum atomic E-state index is 5.85. The van der Waals surface area contributed by atoms with Gasteiger partial charge in [0.2, 0.25) is 0 Å². The lowest BCUT2D eigenvalue weighted by atomic mass is 10.1. The topological polar surface area (TPSA) is 63.5 Å². The Bertz CT molecular complexity index is 915. The van der Waals surface area contributed by atoms with E-state index in [4.69, 9.17) is 9.73 Å². The maximum absolute atomic E-state index is 5.85. The Morgan fingerprint density at radius 2 is 1.84 bits per heavy atom. The number of hydrogen-bond acceptors (Lipinski definition) is 3. The molecule has 0 saturated carbocycles. The number of ether oxygens (including phenoxy) is 1. The second kappa shape index (κ2) is 14.6. The highest BCUT2D eigenvalue weighted by molar-refractivity contribution is 14.0. The predicted molar refractivity (Wildman–Crippen MR) is 141 cm³/mol. The zero-order valence-corrected chi connectivity index (χ0v) is 21.2. The molecule has 0 radical (unpaired) electrons. The molecule has 0 aliphatic rings. The Morgan fingerprint density at radius 3 is 2.59 bits per heavy atom. The molecule has 0 amide bonds. The van der Waals surface area contributed by atoms with Crippen LogP contribution in [0.3, 0.4) is 0 Å². The van der Waals surface area contributed by atoms with Crippen LogP contribution in [0.1, 0.15) is 30.5 Å². The van der Waals surface area contributed by atoms with Gasteiger partial charge >= 0.3 is 0 Å². The third-order valence-electron chi connectivity index (χ3n) is 4.81. The van der Waals surface area contributed by atoms with Crippen LogP contribution in [-0.2, 0) is 24.4 Å². The lowest BCUT2D eigenvalue weighted by Crippen LogP contribution is -2.40. The van der Waals surface area contributed by atoms with Crippen molar-refractivity contribution in [2.45, 2.75) is 33.5 Å². The summed E-state index contributed by atoms with van der Waals surface area (Å²) in [5.41, 5.74) is 3.63. The molecule has 1 aromatic heterocycles. The van der Waals surface area contributed by atoms with Crippen molar-refractivity contribution in [2.24, 2.45) is 10.9 Å². The summed E-state index contributed by atoms with van der Waals surface area (Å²) in [6.07, 6.45) is 5.61. The van der Waals surface area contributed by atoms with Crippen LogP contribution in [0.2, 0.25) is 0 Å². The maximum Gasteiger partial charge on any atom is 0.191 e. The second-order valence-electron chi connectivity index (χ2n) is 7.74. The van der Waals surface area contributed by atoms with Crippen molar-refractivity contribution in [1.29, 1.82) is 0 Å².